The van der Waals surface area contributed by atoms with Crippen molar-refractivity contribution >= 4 is 28.1 Å². The first kappa shape index (κ1) is 15.6. The Morgan fingerprint density at radius 3 is 2.46 bits per heavy atom. The van der Waals surface area contributed by atoms with Crippen molar-refractivity contribution in [3.8, 4) is 11.3 Å². The van der Waals surface area contributed by atoms with Crippen molar-refractivity contribution in [3.05, 3.63) is 29.6 Å². The second-order valence-corrected chi connectivity index (χ2v) is 7.34. The lowest BCUT2D eigenvalue weighted by molar-refractivity contribution is -0.117. The Morgan fingerprint density at radius 2 is 1.79 bits per heavy atom. The van der Waals surface area contributed by atoms with Gasteiger partial charge in [-0.1, -0.05) is 12.1 Å². The Hall–Kier alpha value is -1.92. The fourth-order valence-electron chi connectivity index (χ4n) is 3.27. The molecule has 0 N–H and O–H groups in total. The van der Waals surface area contributed by atoms with Crippen molar-refractivity contribution < 1.29 is 4.79 Å². The topological polar surface area (TPSA) is 39.7 Å². The van der Waals surface area contributed by atoms with Gasteiger partial charge in [-0.25, -0.2) is 4.98 Å². The monoisotopic (exact) mass is 342 g/mol. The first-order valence-corrected chi connectivity index (χ1v) is 9.38. The number of anilines is 2. The molecular weight excluding hydrogens is 320 g/mol. The maximum atomic E-state index is 11.8. The van der Waals surface area contributed by atoms with Gasteiger partial charge in [0.2, 0.25) is 5.91 Å². The lowest BCUT2D eigenvalue weighted by Crippen LogP contribution is -2.44. The maximum absolute atomic E-state index is 11.8. The van der Waals surface area contributed by atoms with E-state index >= 15 is 0 Å². The van der Waals surface area contributed by atoms with Gasteiger partial charge in [-0.15, -0.1) is 11.3 Å². The highest BCUT2D eigenvalue weighted by Crippen LogP contribution is 2.30. The molecule has 0 unspecified atom stereocenters. The molecule has 2 fully saturated rings. The van der Waals surface area contributed by atoms with Crippen molar-refractivity contribution in [1.29, 1.82) is 0 Å². The van der Waals surface area contributed by atoms with E-state index in [4.69, 9.17) is 4.98 Å². The third kappa shape index (κ3) is 3.03. The van der Waals surface area contributed by atoms with Gasteiger partial charge in [0.25, 0.3) is 0 Å². The summed E-state index contributed by atoms with van der Waals surface area (Å²) in [6, 6.07) is 8.22. The molecule has 0 bridgehead atoms. The summed E-state index contributed by atoms with van der Waals surface area (Å²) >= 11 is 1.71. The molecule has 0 atom stereocenters. The average molecular weight is 342 g/mol. The van der Waals surface area contributed by atoms with Gasteiger partial charge in [0.05, 0.1) is 5.69 Å². The average Bonchev–Trinajstić information content (AvgIpc) is 3.25. The van der Waals surface area contributed by atoms with Gasteiger partial charge >= 0.3 is 0 Å². The van der Waals surface area contributed by atoms with Gasteiger partial charge in [-0.3, -0.25) is 4.79 Å². The van der Waals surface area contributed by atoms with Crippen LogP contribution in [0.4, 0.5) is 10.8 Å². The van der Waals surface area contributed by atoms with Gasteiger partial charge in [0.15, 0.2) is 5.13 Å². The lowest BCUT2D eigenvalue weighted by atomic mass is 10.1. The zero-order chi connectivity index (χ0) is 16.5. The minimum atomic E-state index is 0.230. The standard InChI is InChI=1S/C18H22N4OS/c1-20-9-11-21(12-10-20)18-19-16(13-24-18)14-4-6-15(7-5-14)22-8-2-3-17(22)23/h4-7,13H,2-3,8-12H2,1H3. The number of hydrogen-bond acceptors (Lipinski definition) is 5. The highest BCUT2D eigenvalue weighted by Gasteiger charge is 2.22. The smallest absolute Gasteiger partial charge is 0.227 e. The molecule has 0 spiro atoms. The SMILES string of the molecule is CN1CCN(c2nc(-c3ccc(N4CCCC4=O)cc3)cs2)CC1. The van der Waals surface area contributed by atoms with Crippen LogP contribution in [0.2, 0.25) is 0 Å². The van der Waals surface area contributed by atoms with E-state index in [0.717, 1.165) is 61.2 Å². The van der Waals surface area contributed by atoms with Crippen molar-refractivity contribution in [2.24, 2.45) is 0 Å². The first-order valence-electron chi connectivity index (χ1n) is 8.50. The molecule has 1 aromatic carbocycles. The lowest BCUT2D eigenvalue weighted by Gasteiger charge is -2.32. The number of benzene rings is 1. The quantitative estimate of drug-likeness (QED) is 0.860. The van der Waals surface area contributed by atoms with Crippen LogP contribution in [0.3, 0.4) is 0 Å². The molecule has 2 aliphatic heterocycles. The van der Waals surface area contributed by atoms with Gasteiger partial charge in [0.1, 0.15) is 0 Å². The van der Waals surface area contributed by atoms with Crippen LogP contribution >= 0.6 is 11.3 Å². The van der Waals surface area contributed by atoms with Crippen LogP contribution in [-0.4, -0.2) is 55.6 Å². The second kappa shape index (κ2) is 6.53. The van der Waals surface area contributed by atoms with E-state index < -0.39 is 0 Å². The largest absolute Gasteiger partial charge is 0.346 e. The Kier molecular flexibility index (Phi) is 4.24. The van der Waals surface area contributed by atoms with E-state index in [1.54, 1.807) is 11.3 Å². The van der Waals surface area contributed by atoms with E-state index in [1.807, 2.05) is 17.0 Å². The molecule has 2 aromatic rings. The van der Waals surface area contributed by atoms with Gasteiger partial charge in [0, 0.05) is 55.8 Å². The highest BCUT2D eigenvalue weighted by atomic mass is 32.1. The molecular formula is C18H22N4OS. The third-order valence-corrected chi connectivity index (χ3v) is 5.72. The zero-order valence-corrected chi connectivity index (χ0v) is 14.8. The molecule has 2 aliphatic rings. The molecule has 2 saturated heterocycles. The number of hydrogen-bond donors (Lipinski definition) is 0. The summed E-state index contributed by atoms with van der Waals surface area (Å²) in [6.07, 6.45) is 1.63. The van der Waals surface area contributed by atoms with Crippen LogP contribution < -0.4 is 9.80 Å². The van der Waals surface area contributed by atoms with Crippen molar-refractivity contribution in [3.63, 3.8) is 0 Å². The summed E-state index contributed by atoms with van der Waals surface area (Å²) in [6.45, 7) is 5.10. The Balaban J connectivity index is 1.49. The Morgan fingerprint density at radius 1 is 1.04 bits per heavy atom. The summed E-state index contributed by atoms with van der Waals surface area (Å²) in [7, 11) is 2.16. The molecule has 0 saturated carbocycles. The van der Waals surface area contributed by atoms with Gasteiger partial charge in [-0.05, 0) is 25.6 Å². The number of amides is 1. The fraction of sp³-hybridized carbons (Fsp3) is 0.444. The number of carbonyl (C=O) groups is 1. The molecule has 6 heteroatoms. The number of rotatable bonds is 3. The van der Waals surface area contributed by atoms with Crippen LogP contribution in [0.5, 0.6) is 0 Å². The summed E-state index contributed by atoms with van der Waals surface area (Å²) in [5, 5.41) is 3.24. The number of thiazole rings is 1. The van der Waals surface area contributed by atoms with E-state index in [2.05, 4.69) is 34.4 Å². The minimum Gasteiger partial charge on any atom is -0.346 e. The van der Waals surface area contributed by atoms with Gasteiger partial charge in [-0.2, -0.15) is 0 Å². The third-order valence-electron chi connectivity index (χ3n) is 4.81. The Labute approximate surface area is 146 Å². The predicted molar refractivity (Wildman–Crippen MR) is 98.8 cm³/mol. The van der Waals surface area contributed by atoms with E-state index in [1.165, 1.54) is 0 Å². The van der Waals surface area contributed by atoms with E-state index in [-0.39, 0.29) is 5.91 Å². The highest BCUT2D eigenvalue weighted by molar-refractivity contribution is 7.14. The fourth-order valence-corrected chi connectivity index (χ4v) is 4.16. The molecule has 4 rings (SSSR count). The summed E-state index contributed by atoms with van der Waals surface area (Å²) < 4.78 is 0. The summed E-state index contributed by atoms with van der Waals surface area (Å²) in [5.41, 5.74) is 3.13. The van der Waals surface area contributed by atoms with E-state index in [0.29, 0.717) is 6.42 Å². The number of carbonyl (C=O) groups excluding carboxylic acids is 1. The van der Waals surface area contributed by atoms with E-state index in [9.17, 15) is 4.79 Å². The van der Waals surface area contributed by atoms with Crippen molar-refractivity contribution in [2.45, 2.75) is 12.8 Å². The summed E-state index contributed by atoms with van der Waals surface area (Å²) in [5.74, 6) is 0.230. The second-order valence-electron chi connectivity index (χ2n) is 6.50. The number of likely N-dealkylation sites (N-methyl/N-ethyl adjacent to an activating group) is 1. The van der Waals surface area contributed by atoms with Crippen molar-refractivity contribution in [2.75, 3.05) is 49.6 Å². The molecule has 1 amide bonds. The van der Waals surface area contributed by atoms with Crippen molar-refractivity contribution in [1.82, 2.24) is 9.88 Å². The van der Waals surface area contributed by atoms with Crippen LogP contribution in [0.15, 0.2) is 29.6 Å². The van der Waals surface area contributed by atoms with Gasteiger partial charge < -0.3 is 14.7 Å². The predicted octanol–water partition coefficient (Wildman–Crippen LogP) is 2.69. The molecule has 1 aromatic heterocycles. The number of nitrogens with zero attached hydrogens (tertiary/aromatic N) is 4. The zero-order valence-electron chi connectivity index (χ0n) is 13.9. The molecule has 0 aliphatic carbocycles. The summed E-state index contributed by atoms with van der Waals surface area (Å²) in [4.78, 5) is 23.2. The molecule has 3 heterocycles. The first-order chi connectivity index (χ1) is 11.7. The molecule has 126 valence electrons. The maximum Gasteiger partial charge on any atom is 0.227 e. The van der Waals surface area contributed by atoms with Crippen LogP contribution in [-0.2, 0) is 4.79 Å². The molecule has 24 heavy (non-hydrogen) atoms. The normalized spacial score (nSPS) is 19.3. The van der Waals surface area contributed by atoms with Crippen LogP contribution in [0, 0.1) is 0 Å². The Bertz CT molecular complexity index is 719. The van der Waals surface area contributed by atoms with Crippen LogP contribution in [0.25, 0.3) is 11.3 Å². The number of piperazine rings is 1. The molecule has 0 radical (unpaired) electrons. The number of aromatic nitrogens is 1. The molecule has 5 nitrogen and oxygen atoms in total. The minimum absolute atomic E-state index is 0.230. The van der Waals surface area contributed by atoms with Crippen LogP contribution in [0.1, 0.15) is 12.8 Å².